The SMILES string of the molecule is CCNC(=NCCC(F)(F)F)NCCS(=O)(=O)CC.I. The zero-order valence-electron chi connectivity index (χ0n) is 11.5. The number of sulfone groups is 1. The molecule has 0 aliphatic rings. The van der Waals surface area contributed by atoms with E-state index in [1.165, 1.54) is 6.92 Å². The third-order valence-electron chi connectivity index (χ3n) is 2.15. The van der Waals surface area contributed by atoms with Gasteiger partial charge in [0.25, 0.3) is 0 Å². The van der Waals surface area contributed by atoms with Crippen molar-refractivity contribution in [1.82, 2.24) is 10.6 Å². The van der Waals surface area contributed by atoms with E-state index in [1.54, 1.807) is 6.92 Å². The van der Waals surface area contributed by atoms with Crippen molar-refractivity contribution in [3.8, 4) is 0 Å². The summed E-state index contributed by atoms with van der Waals surface area (Å²) in [5.41, 5.74) is 0. The Morgan fingerprint density at radius 1 is 1.20 bits per heavy atom. The normalized spacial score (nSPS) is 12.8. The molecular weight excluding hydrogens is 410 g/mol. The Hall–Kier alpha value is -0.260. The lowest BCUT2D eigenvalue weighted by molar-refractivity contribution is -0.132. The fourth-order valence-corrected chi connectivity index (χ4v) is 1.81. The number of halogens is 4. The van der Waals surface area contributed by atoms with Gasteiger partial charge in [0, 0.05) is 18.8 Å². The van der Waals surface area contributed by atoms with E-state index in [2.05, 4.69) is 15.6 Å². The second-order valence-electron chi connectivity index (χ2n) is 3.79. The Balaban J connectivity index is 0. The topological polar surface area (TPSA) is 70.6 Å². The van der Waals surface area contributed by atoms with E-state index < -0.39 is 22.4 Å². The number of hydrogen-bond acceptors (Lipinski definition) is 3. The molecule has 0 aromatic rings. The van der Waals surface area contributed by atoms with Crippen molar-refractivity contribution in [2.24, 2.45) is 4.99 Å². The average Bonchev–Trinajstić information content (AvgIpc) is 2.27. The Labute approximate surface area is 134 Å². The van der Waals surface area contributed by atoms with Gasteiger partial charge in [0.05, 0.1) is 18.7 Å². The molecule has 0 saturated heterocycles. The highest BCUT2D eigenvalue weighted by Gasteiger charge is 2.26. The zero-order chi connectivity index (χ0) is 14.9. The number of nitrogens with one attached hydrogen (secondary N) is 2. The van der Waals surface area contributed by atoms with Crippen LogP contribution < -0.4 is 10.6 Å². The molecule has 0 aliphatic heterocycles. The molecule has 0 unspecified atom stereocenters. The molecule has 0 spiro atoms. The van der Waals surface area contributed by atoms with E-state index in [0.717, 1.165) is 0 Å². The maximum Gasteiger partial charge on any atom is 0.390 e. The molecule has 0 aromatic heterocycles. The summed E-state index contributed by atoms with van der Waals surface area (Å²) >= 11 is 0. The minimum absolute atomic E-state index is 0. The van der Waals surface area contributed by atoms with Crippen LogP contribution in [0.5, 0.6) is 0 Å². The molecule has 2 N–H and O–H groups in total. The lowest BCUT2D eigenvalue weighted by Gasteiger charge is -2.11. The number of hydrogen-bond donors (Lipinski definition) is 2. The Morgan fingerprint density at radius 3 is 2.25 bits per heavy atom. The quantitative estimate of drug-likeness (QED) is 0.365. The van der Waals surface area contributed by atoms with Gasteiger partial charge in [0.2, 0.25) is 0 Å². The Kier molecular flexibility index (Phi) is 11.5. The molecule has 0 aromatic carbocycles. The molecule has 122 valence electrons. The van der Waals surface area contributed by atoms with Crippen LogP contribution in [0.25, 0.3) is 0 Å². The van der Waals surface area contributed by atoms with Gasteiger partial charge in [-0.15, -0.1) is 24.0 Å². The molecule has 0 amide bonds. The fraction of sp³-hybridized carbons (Fsp3) is 0.900. The van der Waals surface area contributed by atoms with Crippen molar-refractivity contribution < 1.29 is 21.6 Å². The van der Waals surface area contributed by atoms with Gasteiger partial charge in [-0.05, 0) is 6.92 Å². The van der Waals surface area contributed by atoms with Gasteiger partial charge in [0.15, 0.2) is 15.8 Å². The van der Waals surface area contributed by atoms with Crippen LogP contribution in [0.1, 0.15) is 20.3 Å². The molecular formula is C10H21F3IN3O2S. The first-order chi connectivity index (χ1) is 8.70. The average molecular weight is 431 g/mol. The predicted molar refractivity (Wildman–Crippen MR) is 84.4 cm³/mol. The number of guanidine groups is 1. The van der Waals surface area contributed by atoms with Gasteiger partial charge in [-0.1, -0.05) is 6.92 Å². The van der Waals surface area contributed by atoms with Crippen molar-refractivity contribution in [3.63, 3.8) is 0 Å². The standard InChI is InChI=1S/C10H20F3N3O2S.HI/c1-3-14-9(15-6-5-10(11,12)13)16-7-8-19(17,18)4-2;/h3-8H2,1-2H3,(H2,14,15,16);1H. The lowest BCUT2D eigenvalue weighted by Crippen LogP contribution is -2.40. The summed E-state index contributed by atoms with van der Waals surface area (Å²) in [5.74, 6) is 0.155. The van der Waals surface area contributed by atoms with Crippen molar-refractivity contribution >= 4 is 39.8 Å². The Bertz CT molecular complexity index is 386. The van der Waals surface area contributed by atoms with Crippen LogP contribution in [0.4, 0.5) is 13.2 Å². The van der Waals surface area contributed by atoms with Crippen LogP contribution >= 0.6 is 24.0 Å². The lowest BCUT2D eigenvalue weighted by atomic mass is 10.4. The van der Waals surface area contributed by atoms with Gasteiger partial charge in [-0.2, -0.15) is 13.2 Å². The minimum Gasteiger partial charge on any atom is -0.357 e. The van der Waals surface area contributed by atoms with E-state index in [-0.39, 0.29) is 54.5 Å². The van der Waals surface area contributed by atoms with E-state index >= 15 is 0 Å². The second kappa shape index (κ2) is 10.5. The van der Waals surface area contributed by atoms with Crippen LogP contribution in [-0.4, -0.2) is 51.7 Å². The number of rotatable bonds is 7. The molecule has 20 heavy (non-hydrogen) atoms. The monoisotopic (exact) mass is 431 g/mol. The van der Waals surface area contributed by atoms with Crippen LogP contribution in [0.15, 0.2) is 4.99 Å². The van der Waals surface area contributed by atoms with E-state index in [9.17, 15) is 21.6 Å². The molecule has 0 atom stereocenters. The molecule has 0 rings (SSSR count). The molecule has 0 fully saturated rings. The van der Waals surface area contributed by atoms with Crippen molar-refractivity contribution in [3.05, 3.63) is 0 Å². The molecule has 0 heterocycles. The summed E-state index contributed by atoms with van der Waals surface area (Å²) in [7, 11) is -3.10. The summed E-state index contributed by atoms with van der Waals surface area (Å²) in [6, 6.07) is 0. The highest BCUT2D eigenvalue weighted by molar-refractivity contribution is 14.0. The Morgan fingerprint density at radius 2 is 1.80 bits per heavy atom. The summed E-state index contributed by atoms with van der Waals surface area (Å²) in [6.45, 7) is 3.52. The largest absolute Gasteiger partial charge is 0.390 e. The smallest absolute Gasteiger partial charge is 0.357 e. The molecule has 0 bridgehead atoms. The first-order valence-corrected chi connectivity index (χ1v) is 7.81. The number of aliphatic imine (C=N–C) groups is 1. The summed E-state index contributed by atoms with van der Waals surface area (Å²) < 4.78 is 58.3. The van der Waals surface area contributed by atoms with Crippen LogP contribution in [-0.2, 0) is 9.84 Å². The second-order valence-corrected chi connectivity index (χ2v) is 6.26. The van der Waals surface area contributed by atoms with Gasteiger partial charge in [-0.3, -0.25) is 4.99 Å². The van der Waals surface area contributed by atoms with Gasteiger partial charge in [-0.25, -0.2) is 8.42 Å². The summed E-state index contributed by atoms with van der Waals surface area (Å²) in [4.78, 5) is 3.72. The van der Waals surface area contributed by atoms with E-state index in [0.29, 0.717) is 6.54 Å². The van der Waals surface area contributed by atoms with Crippen molar-refractivity contribution in [1.29, 1.82) is 0 Å². The highest BCUT2D eigenvalue weighted by atomic mass is 127. The highest BCUT2D eigenvalue weighted by Crippen LogP contribution is 2.18. The van der Waals surface area contributed by atoms with Gasteiger partial charge in [0.1, 0.15) is 0 Å². The van der Waals surface area contributed by atoms with Crippen LogP contribution in [0, 0.1) is 0 Å². The molecule has 10 heteroatoms. The van der Waals surface area contributed by atoms with E-state index in [1.807, 2.05) is 0 Å². The first kappa shape index (κ1) is 22.0. The summed E-state index contributed by atoms with van der Waals surface area (Å²) in [6.07, 6.45) is -5.25. The maximum absolute atomic E-state index is 12.0. The van der Waals surface area contributed by atoms with Crippen LogP contribution in [0.3, 0.4) is 0 Å². The first-order valence-electron chi connectivity index (χ1n) is 5.99. The van der Waals surface area contributed by atoms with Crippen LogP contribution in [0.2, 0.25) is 0 Å². The van der Waals surface area contributed by atoms with Gasteiger partial charge < -0.3 is 10.6 Å². The third kappa shape index (κ3) is 12.8. The maximum atomic E-state index is 12.0. The van der Waals surface area contributed by atoms with Crippen molar-refractivity contribution in [2.45, 2.75) is 26.4 Å². The van der Waals surface area contributed by atoms with E-state index in [4.69, 9.17) is 0 Å². The number of alkyl halides is 3. The molecule has 0 saturated carbocycles. The minimum atomic E-state index is -4.24. The predicted octanol–water partition coefficient (Wildman–Crippen LogP) is 1.55. The summed E-state index contributed by atoms with van der Waals surface area (Å²) in [5, 5.41) is 5.44. The van der Waals surface area contributed by atoms with Gasteiger partial charge >= 0.3 is 6.18 Å². The number of nitrogens with zero attached hydrogens (tertiary/aromatic N) is 1. The third-order valence-corrected chi connectivity index (χ3v) is 3.86. The molecule has 0 aliphatic carbocycles. The molecule has 0 radical (unpaired) electrons. The molecule has 5 nitrogen and oxygen atoms in total. The fourth-order valence-electron chi connectivity index (χ4n) is 1.11. The van der Waals surface area contributed by atoms with Crippen molar-refractivity contribution in [2.75, 3.05) is 31.1 Å². The zero-order valence-corrected chi connectivity index (χ0v) is 14.6.